The average molecular weight is 221 g/mol. The number of hydrogen-bond donors (Lipinski definition) is 0. The first kappa shape index (κ1) is 11.2. The minimum Gasteiger partial charge on any atom is -0.337 e. The molecule has 82 valence electrons. The standard InChI is InChI=1S/C12H20BNS/c1-8(2)14-10-5-4-6-12(3,13)9(10)7-11(14)15/h8H,4-7,13H2,1-3H3. The van der Waals surface area contributed by atoms with Gasteiger partial charge in [0.25, 0.3) is 0 Å². The molecule has 2 rings (SSSR count). The van der Waals surface area contributed by atoms with Crippen LogP contribution < -0.4 is 0 Å². The van der Waals surface area contributed by atoms with Crippen molar-refractivity contribution < 1.29 is 0 Å². The summed E-state index contributed by atoms with van der Waals surface area (Å²) < 4.78 is 0. The summed E-state index contributed by atoms with van der Waals surface area (Å²) in [7, 11) is 2.37. The van der Waals surface area contributed by atoms with Crippen molar-refractivity contribution in [2.24, 2.45) is 0 Å². The summed E-state index contributed by atoms with van der Waals surface area (Å²) in [5.41, 5.74) is 3.17. The third-order valence-corrected chi connectivity index (χ3v) is 4.13. The fourth-order valence-corrected chi connectivity index (χ4v) is 3.45. The molecule has 1 heterocycles. The minimum atomic E-state index is 0.376. The zero-order chi connectivity index (χ0) is 11.2. The lowest BCUT2D eigenvalue weighted by atomic mass is 9.59. The SMILES string of the molecule is BC1(C)CCCC2=C1CC(=S)N2C(C)C. The predicted molar refractivity (Wildman–Crippen MR) is 72.0 cm³/mol. The van der Waals surface area contributed by atoms with E-state index in [1.165, 1.54) is 19.3 Å². The van der Waals surface area contributed by atoms with Crippen LogP contribution in [0, 0.1) is 0 Å². The highest BCUT2D eigenvalue weighted by Gasteiger charge is 2.38. The van der Waals surface area contributed by atoms with Crippen LogP contribution >= 0.6 is 12.2 Å². The van der Waals surface area contributed by atoms with Crippen LogP contribution in [-0.2, 0) is 0 Å². The molecule has 3 heteroatoms. The molecular formula is C12H20BNS. The van der Waals surface area contributed by atoms with Crippen molar-refractivity contribution >= 4 is 25.1 Å². The lowest BCUT2D eigenvalue weighted by molar-refractivity contribution is 0.399. The number of hydrogen-bond acceptors (Lipinski definition) is 1. The first-order chi connectivity index (χ1) is 6.93. The summed E-state index contributed by atoms with van der Waals surface area (Å²) in [5.74, 6) is 0. The summed E-state index contributed by atoms with van der Waals surface area (Å²) >= 11 is 5.52. The molecule has 1 aliphatic heterocycles. The molecule has 1 atom stereocenters. The normalized spacial score (nSPS) is 31.5. The molecule has 0 aromatic rings. The predicted octanol–water partition coefficient (Wildman–Crippen LogP) is 2.68. The highest BCUT2D eigenvalue weighted by atomic mass is 32.1. The van der Waals surface area contributed by atoms with Gasteiger partial charge in [-0.05, 0) is 37.6 Å². The van der Waals surface area contributed by atoms with E-state index in [-0.39, 0.29) is 0 Å². The summed E-state index contributed by atoms with van der Waals surface area (Å²) in [6, 6.07) is 0.527. The number of allylic oxidation sites excluding steroid dienone is 1. The van der Waals surface area contributed by atoms with Gasteiger partial charge in [0.1, 0.15) is 7.85 Å². The van der Waals surface area contributed by atoms with Gasteiger partial charge >= 0.3 is 0 Å². The smallest absolute Gasteiger partial charge is 0.114 e. The van der Waals surface area contributed by atoms with E-state index in [0.29, 0.717) is 11.4 Å². The summed E-state index contributed by atoms with van der Waals surface area (Å²) in [6.07, 6.45) is 4.91. The molecule has 0 amide bonds. The van der Waals surface area contributed by atoms with Crippen LogP contribution in [0.1, 0.15) is 46.5 Å². The molecule has 0 bridgehead atoms. The zero-order valence-corrected chi connectivity index (χ0v) is 11.1. The van der Waals surface area contributed by atoms with Crippen LogP contribution in [0.2, 0.25) is 5.31 Å². The molecule has 0 saturated carbocycles. The fraction of sp³-hybridized carbons (Fsp3) is 0.750. The lowest BCUT2D eigenvalue weighted by Gasteiger charge is -2.34. The molecule has 1 unspecified atom stereocenters. The quantitative estimate of drug-likeness (QED) is 0.494. The van der Waals surface area contributed by atoms with Gasteiger partial charge in [0.2, 0.25) is 0 Å². The largest absolute Gasteiger partial charge is 0.337 e. The first-order valence-electron chi connectivity index (χ1n) is 5.98. The van der Waals surface area contributed by atoms with Gasteiger partial charge in [-0.25, -0.2) is 0 Å². The van der Waals surface area contributed by atoms with E-state index in [0.717, 1.165) is 11.4 Å². The van der Waals surface area contributed by atoms with E-state index in [2.05, 4.69) is 33.5 Å². The second kappa shape index (κ2) is 3.62. The Morgan fingerprint density at radius 2 is 2.13 bits per heavy atom. The molecule has 1 aliphatic carbocycles. The average Bonchev–Trinajstić information content (AvgIpc) is 2.42. The van der Waals surface area contributed by atoms with Gasteiger partial charge in [0.15, 0.2) is 0 Å². The summed E-state index contributed by atoms with van der Waals surface area (Å²) in [5, 5.41) is 0.376. The third kappa shape index (κ3) is 1.75. The molecule has 1 nitrogen and oxygen atoms in total. The van der Waals surface area contributed by atoms with Crippen molar-refractivity contribution in [3.05, 3.63) is 11.3 Å². The molecule has 0 N–H and O–H groups in total. The summed E-state index contributed by atoms with van der Waals surface area (Å²) in [6.45, 7) is 6.85. The van der Waals surface area contributed by atoms with Crippen LogP contribution in [0.25, 0.3) is 0 Å². The van der Waals surface area contributed by atoms with E-state index < -0.39 is 0 Å². The Hall–Kier alpha value is -0.305. The van der Waals surface area contributed by atoms with Crippen molar-refractivity contribution in [2.75, 3.05) is 0 Å². The maximum Gasteiger partial charge on any atom is 0.114 e. The molecule has 0 radical (unpaired) electrons. The van der Waals surface area contributed by atoms with Crippen LogP contribution in [0.4, 0.5) is 0 Å². The van der Waals surface area contributed by atoms with Gasteiger partial charge < -0.3 is 4.90 Å². The Morgan fingerprint density at radius 1 is 1.47 bits per heavy atom. The van der Waals surface area contributed by atoms with Crippen LogP contribution in [-0.4, -0.2) is 23.8 Å². The minimum absolute atomic E-state index is 0.376. The number of thiocarbonyl (C=S) groups is 1. The van der Waals surface area contributed by atoms with Gasteiger partial charge in [-0.3, -0.25) is 0 Å². The van der Waals surface area contributed by atoms with Crippen molar-refractivity contribution in [3.8, 4) is 0 Å². The van der Waals surface area contributed by atoms with E-state index >= 15 is 0 Å². The van der Waals surface area contributed by atoms with Crippen molar-refractivity contribution in [1.29, 1.82) is 0 Å². The molecule has 15 heavy (non-hydrogen) atoms. The van der Waals surface area contributed by atoms with E-state index in [1.807, 2.05) is 0 Å². The Balaban J connectivity index is 2.39. The fourth-order valence-electron chi connectivity index (χ4n) is 2.98. The second-order valence-corrected chi connectivity index (χ2v) is 6.17. The van der Waals surface area contributed by atoms with Crippen molar-refractivity contribution in [1.82, 2.24) is 4.90 Å². The van der Waals surface area contributed by atoms with Gasteiger partial charge in [-0.1, -0.05) is 25.6 Å². The number of nitrogens with zero attached hydrogens (tertiary/aromatic N) is 1. The van der Waals surface area contributed by atoms with Crippen molar-refractivity contribution in [2.45, 2.75) is 57.8 Å². The lowest BCUT2D eigenvalue weighted by Crippen LogP contribution is -2.31. The van der Waals surface area contributed by atoms with E-state index in [1.54, 1.807) is 11.3 Å². The van der Waals surface area contributed by atoms with E-state index in [4.69, 9.17) is 12.2 Å². The topological polar surface area (TPSA) is 3.24 Å². The Labute approximate surface area is 99.3 Å². The maximum absolute atomic E-state index is 5.52. The first-order valence-corrected chi connectivity index (χ1v) is 6.39. The van der Waals surface area contributed by atoms with Crippen LogP contribution in [0.15, 0.2) is 11.3 Å². The summed E-state index contributed by atoms with van der Waals surface area (Å²) in [4.78, 5) is 3.54. The van der Waals surface area contributed by atoms with Gasteiger partial charge in [0.05, 0.1) is 4.99 Å². The number of rotatable bonds is 1. The maximum atomic E-state index is 5.52. The van der Waals surface area contributed by atoms with Crippen LogP contribution in [0.5, 0.6) is 0 Å². The van der Waals surface area contributed by atoms with Crippen molar-refractivity contribution in [3.63, 3.8) is 0 Å². The van der Waals surface area contributed by atoms with Gasteiger partial charge in [-0.2, -0.15) is 0 Å². The van der Waals surface area contributed by atoms with Crippen LogP contribution in [0.3, 0.4) is 0 Å². The van der Waals surface area contributed by atoms with Gasteiger partial charge in [-0.15, -0.1) is 0 Å². The zero-order valence-electron chi connectivity index (χ0n) is 10.3. The molecule has 0 spiro atoms. The second-order valence-electron chi connectivity index (χ2n) is 5.70. The highest BCUT2D eigenvalue weighted by Crippen LogP contribution is 2.50. The molecule has 0 aromatic heterocycles. The van der Waals surface area contributed by atoms with E-state index in [9.17, 15) is 0 Å². The molecule has 0 fully saturated rings. The molecular weight excluding hydrogens is 201 g/mol. The molecule has 2 aliphatic rings. The highest BCUT2D eigenvalue weighted by molar-refractivity contribution is 7.80. The Kier molecular flexibility index (Phi) is 2.70. The van der Waals surface area contributed by atoms with Gasteiger partial charge in [0, 0.05) is 18.2 Å². The molecule has 0 aromatic carbocycles. The monoisotopic (exact) mass is 221 g/mol. The molecule has 0 saturated heterocycles. The Morgan fingerprint density at radius 3 is 2.73 bits per heavy atom. The Bertz CT molecular complexity index is 331. The third-order valence-electron chi connectivity index (χ3n) is 3.78.